The van der Waals surface area contributed by atoms with Gasteiger partial charge in [-0.05, 0) is 37.3 Å². The zero-order chi connectivity index (χ0) is 18.3. The molecule has 1 unspecified atom stereocenters. The number of para-hydroxylation sites is 1. The van der Waals surface area contributed by atoms with Gasteiger partial charge in [0.05, 0.1) is 11.1 Å². The van der Waals surface area contributed by atoms with Crippen molar-refractivity contribution in [2.24, 2.45) is 0 Å². The zero-order valence-corrected chi connectivity index (χ0v) is 13.7. The van der Waals surface area contributed by atoms with Crippen LogP contribution in [0.3, 0.4) is 0 Å². The molecule has 1 aliphatic heterocycles. The maximum Gasteiger partial charge on any atom is 0.291 e. The summed E-state index contributed by atoms with van der Waals surface area (Å²) in [5, 5.41) is 5.76. The molecule has 0 fully saturated rings. The lowest BCUT2D eigenvalue weighted by Crippen LogP contribution is -2.34. The predicted molar refractivity (Wildman–Crippen MR) is 95.6 cm³/mol. The summed E-state index contributed by atoms with van der Waals surface area (Å²) in [4.78, 5) is 36.2. The predicted octanol–water partition coefficient (Wildman–Crippen LogP) is 2.76. The number of hydrogen-bond donors (Lipinski definition) is 2. The maximum atomic E-state index is 12.4. The third kappa shape index (κ3) is 2.79. The van der Waals surface area contributed by atoms with E-state index in [4.69, 9.17) is 9.15 Å². The highest BCUT2D eigenvalue weighted by molar-refractivity contribution is 6.04. The first-order valence-electron chi connectivity index (χ1n) is 7.97. The molecule has 2 N–H and O–H groups in total. The van der Waals surface area contributed by atoms with Crippen molar-refractivity contribution in [1.29, 1.82) is 0 Å². The average Bonchev–Trinajstić information content (AvgIpc) is 2.63. The summed E-state index contributed by atoms with van der Waals surface area (Å²) < 4.78 is 11.0. The van der Waals surface area contributed by atoms with Gasteiger partial charge in [0.15, 0.2) is 17.3 Å². The average molecular weight is 350 g/mol. The SMILES string of the molecule is CC1Oc2ccc(NC(=O)c3cc(=O)c4ccccc4o3)cc2NC1=O. The minimum absolute atomic E-state index is 0.0969. The van der Waals surface area contributed by atoms with Crippen molar-refractivity contribution in [2.45, 2.75) is 13.0 Å². The van der Waals surface area contributed by atoms with Gasteiger partial charge in [-0.15, -0.1) is 0 Å². The van der Waals surface area contributed by atoms with E-state index >= 15 is 0 Å². The second kappa shape index (κ2) is 6.03. The molecule has 0 spiro atoms. The summed E-state index contributed by atoms with van der Waals surface area (Å²) in [5.74, 6) is -0.404. The van der Waals surface area contributed by atoms with Crippen LogP contribution < -0.4 is 20.8 Å². The van der Waals surface area contributed by atoms with Crippen molar-refractivity contribution in [3.8, 4) is 5.75 Å². The van der Waals surface area contributed by atoms with E-state index in [1.807, 2.05) is 0 Å². The van der Waals surface area contributed by atoms with Crippen molar-refractivity contribution in [2.75, 3.05) is 10.6 Å². The van der Waals surface area contributed by atoms with E-state index < -0.39 is 12.0 Å². The largest absolute Gasteiger partial charge is 0.479 e. The van der Waals surface area contributed by atoms with Gasteiger partial charge in [-0.2, -0.15) is 0 Å². The molecule has 0 saturated carbocycles. The Bertz CT molecular complexity index is 1100. The molecule has 1 aliphatic rings. The Labute approximate surface area is 147 Å². The zero-order valence-electron chi connectivity index (χ0n) is 13.7. The number of amides is 2. The Morgan fingerprint density at radius 1 is 1.12 bits per heavy atom. The Morgan fingerprint density at radius 3 is 2.77 bits per heavy atom. The van der Waals surface area contributed by atoms with Crippen molar-refractivity contribution in [3.63, 3.8) is 0 Å². The van der Waals surface area contributed by atoms with Gasteiger partial charge < -0.3 is 19.8 Å². The first kappa shape index (κ1) is 15.9. The van der Waals surface area contributed by atoms with Crippen LogP contribution in [-0.2, 0) is 4.79 Å². The molecule has 0 saturated heterocycles. The quantitative estimate of drug-likeness (QED) is 0.741. The van der Waals surface area contributed by atoms with Gasteiger partial charge >= 0.3 is 0 Å². The number of anilines is 2. The molecule has 7 heteroatoms. The number of hydrogen-bond acceptors (Lipinski definition) is 5. The molecule has 1 aromatic heterocycles. The third-order valence-electron chi connectivity index (χ3n) is 4.03. The van der Waals surface area contributed by atoms with E-state index in [0.29, 0.717) is 28.1 Å². The molecule has 7 nitrogen and oxygen atoms in total. The number of carbonyl (C=O) groups is 2. The molecule has 1 atom stereocenters. The number of rotatable bonds is 2. The molecule has 2 amide bonds. The van der Waals surface area contributed by atoms with E-state index in [0.717, 1.165) is 6.07 Å². The van der Waals surface area contributed by atoms with Crippen molar-refractivity contribution in [3.05, 3.63) is 64.5 Å². The highest BCUT2D eigenvalue weighted by atomic mass is 16.5. The Hall–Kier alpha value is -3.61. The minimum atomic E-state index is -0.574. The van der Waals surface area contributed by atoms with Crippen LogP contribution in [0.15, 0.2) is 57.7 Å². The fraction of sp³-hybridized carbons (Fsp3) is 0.105. The van der Waals surface area contributed by atoms with E-state index in [-0.39, 0.29) is 17.1 Å². The van der Waals surface area contributed by atoms with Crippen molar-refractivity contribution < 1.29 is 18.7 Å². The fourth-order valence-electron chi connectivity index (χ4n) is 2.70. The van der Waals surface area contributed by atoms with Crippen LogP contribution in [0, 0.1) is 0 Å². The molecule has 0 bridgehead atoms. The highest BCUT2D eigenvalue weighted by Gasteiger charge is 2.24. The minimum Gasteiger partial charge on any atom is -0.479 e. The van der Waals surface area contributed by atoms with E-state index in [1.54, 1.807) is 49.4 Å². The second-order valence-corrected chi connectivity index (χ2v) is 5.89. The number of fused-ring (bicyclic) bond motifs is 2. The third-order valence-corrected chi connectivity index (χ3v) is 4.03. The molecule has 4 rings (SSSR count). The molecule has 0 aliphatic carbocycles. The van der Waals surface area contributed by atoms with Gasteiger partial charge in [0.2, 0.25) is 0 Å². The van der Waals surface area contributed by atoms with Gasteiger partial charge in [-0.1, -0.05) is 12.1 Å². The van der Waals surface area contributed by atoms with Gasteiger partial charge in [-0.3, -0.25) is 14.4 Å². The molecular weight excluding hydrogens is 336 g/mol. The summed E-state index contributed by atoms with van der Waals surface area (Å²) >= 11 is 0. The monoisotopic (exact) mass is 350 g/mol. The summed E-state index contributed by atoms with van der Waals surface area (Å²) in [6, 6.07) is 12.7. The van der Waals surface area contributed by atoms with E-state index in [1.165, 1.54) is 0 Å². The standard InChI is InChI=1S/C19H14N2O5/c1-10-18(23)21-13-8-11(6-7-16(13)25-10)20-19(24)17-9-14(22)12-4-2-3-5-15(12)26-17/h2-10H,1H3,(H,20,24)(H,21,23). The molecule has 2 heterocycles. The number of carbonyl (C=O) groups excluding carboxylic acids is 2. The first-order valence-corrected chi connectivity index (χ1v) is 7.97. The Morgan fingerprint density at radius 2 is 1.92 bits per heavy atom. The lowest BCUT2D eigenvalue weighted by atomic mass is 10.2. The normalized spacial score (nSPS) is 15.7. The maximum absolute atomic E-state index is 12.4. The van der Waals surface area contributed by atoms with Crippen LogP contribution >= 0.6 is 0 Å². The molecule has 2 aromatic carbocycles. The van der Waals surface area contributed by atoms with Crippen LogP contribution in [0.2, 0.25) is 0 Å². The Balaban J connectivity index is 1.62. The topological polar surface area (TPSA) is 97.6 Å². The summed E-state index contributed by atoms with van der Waals surface area (Å²) in [7, 11) is 0. The highest BCUT2D eigenvalue weighted by Crippen LogP contribution is 2.32. The van der Waals surface area contributed by atoms with Crippen LogP contribution in [0.1, 0.15) is 17.5 Å². The summed E-state index contributed by atoms with van der Waals surface area (Å²) in [6.07, 6.45) is -0.574. The summed E-state index contributed by atoms with van der Waals surface area (Å²) in [6.45, 7) is 1.65. The number of nitrogens with one attached hydrogen (secondary N) is 2. The van der Waals surface area contributed by atoms with Gasteiger partial charge in [0, 0.05) is 11.8 Å². The fourth-order valence-corrected chi connectivity index (χ4v) is 2.70. The van der Waals surface area contributed by atoms with Crippen molar-refractivity contribution in [1.82, 2.24) is 0 Å². The molecular formula is C19H14N2O5. The molecule has 130 valence electrons. The van der Waals surface area contributed by atoms with E-state index in [2.05, 4.69) is 10.6 Å². The Kier molecular flexibility index (Phi) is 3.69. The van der Waals surface area contributed by atoms with E-state index in [9.17, 15) is 14.4 Å². The van der Waals surface area contributed by atoms with Crippen LogP contribution in [0.5, 0.6) is 5.75 Å². The number of benzene rings is 2. The van der Waals surface area contributed by atoms with Crippen LogP contribution in [0.4, 0.5) is 11.4 Å². The second-order valence-electron chi connectivity index (χ2n) is 5.89. The van der Waals surface area contributed by atoms with Gasteiger partial charge in [-0.25, -0.2) is 0 Å². The van der Waals surface area contributed by atoms with Crippen LogP contribution in [0.25, 0.3) is 11.0 Å². The smallest absolute Gasteiger partial charge is 0.291 e. The lowest BCUT2D eigenvalue weighted by molar-refractivity contribution is -0.122. The molecule has 0 radical (unpaired) electrons. The van der Waals surface area contributed by atoms with Crippen LogP contribution in [-0.4, -0.2) is 17.9 Å². The summed E-state index contributed by atoms with van der Waals surface area (Å²) in [5.41, 5.74) is 0.941. The molecule has 26 heavy (non-hydrogen) atoms. The molecule has 3 aromatic rings. The van der Waals surface area contributed by atoms with Gasteiger partial charge in [0.25, 0.3) is 11.8 Å². The van der Waals surface area contributed by atoms with Gasteiger partial charge in [0.1, 0.15) is 11.3 Å². The number of ether oxygens (including phenoxy) is 1. The lowest BCUT2D eigenvalue weighted by Gasteiger charge is -2.23. The first-order chi connectivity index (χ1) is 12.5. The van der Waals surface area contributed by atoms with Crippen molar-refractivity contribution >= 4 is 34.2 Å².